The second-order valence-corrected chi connectivity index (χ2v) is 7.48. The van der Waals surface area contributed by atoms with Crippen LogP contribution in [0.4, 0.5) is 20.9 Å². The van der Waals surface area contributed by atoms with Crippen LogP contribution in [0.1, 0.15) is 19.5 Å². The average Bonchev–Trinajstić information content (AvgIpc) is 3.19. The van der Waals surface area contributed by atoms with E-state index in [4.69, 9.17) is 16.3 Å². The molecule has 0 aliphatic carbocycles. The molecule has 2 aromatic carbocycles. The zero-order valence-corrected chi connectivity index (χ0v) is 18.3. The molecule has 0 unspecified atom stereocenters. The highest BCUT2D eigenvalue weighted by molar-refractivity contribution is 7.14. The number of anilines is 3. The largest absolute Gasteiger partial charge is 0.490 e. The lowest BCUT2D eigenvalue weighted by Gasteiger charge is -2.18. The fourth-order valence-corrected chi connectivity index (χ4v) is 3.81. The van der Waals surface area contributed by atoms with Crippen molar-refractivity contribution in [3.63, 3.8) is 0 Å². The van der Waals surface area contributed by atoms with Crippen molar-refractivity contribution in [1.29, 1.82) is 0 Å². The van der Waals surface area contributed by atoms with Gasteiger partial charge in [-0.25, -0.2) is 9.37 Å². The standard InChI is InChI=1S/C22H19ClFN3O3S/c1-3-30-21-16(23)7-6-9-18(21)26-20(29)12-11-15-13-31-22(25-15)27(14(2)28)19-10-5-4-8-17(19)24/h4-13H,3H2,1-2H3,(H,26,29). The summed E-state index contributed by atoms with van der Waals surface area (Å²) >= 11 is 7.29. The molecule has 6 nitrogen and oxygen atoms in total. The van der Waals surface area contributed by atoms with Gasteiger partial charge in [-0.15, -0.1) is 11.3 Å². The lowest BCUT2D eigenvalue weighted by atomic mass is 10.3. The van der Waals surface area contributed by atoms with Gasteiger partial charge in [-0.05, 0) is 37.3 Å². The van der Waals surface area contributed by atoms with Crippen LogP contribution in [-0.4, -0.2) is 23.4 Å². The Morgan fingerprint density at radius 1 is 1.26 bits per heavy atom. The van der Waals surface area contributed by atoms with E-state index in [0.717, 1.165) is 11.3 Å². The third-order valence-corrected chi connectivity index (χ3v) is 5.17. The van der Waals surface area contributed by atoms with E-state index in [0.29, 0.717) is 33.9 Å². The third-order valence-electron chi connectivity index (χ3n) is 4.03. The lowest BCUT2D eigenvalue weighted by molar-refractivity contribution is -0.116. The number of para-hydroxylation sites is 2. The van der Waals surface area contributed by atoms with Gasteiger partial charge in [0.1, 0.15) is 5.82 Å². The Hall–Kier alpha value is -3.23. The summed E-state index contributed by atoms with van der Waals surface area (Å²) in [5.41, 5.74) is 1.01. The lowest BCUT2D eigenvalue weighted by Crippen LogP contribution is -2.23. The van der Waals surface area contributed by atoms with Crippen LogP contribution < -0.4 is 15.0 Å². The number of carbonyl (C=O) groups excluding carboxylic acids is 2. The summed E-state index contributed by atoms with van der Waals surface area (Å²) in [5, 5.41) is 5.07. The molecule has 0 atom stereocenters. The minimum atomic E-state index is -0.531. The summed E-state index contributed by atoms with van der Waals surface area (Å²) in [7, 11) is 0. The van der Waals surface area contributed by atoms with Crippen molar-refractivity contribution in [3.05, 3.63) is 70.5 Å². The topological polar surface area (TPSA) is 71.5 Å². The van der Waals surface area contributed by atoms with Gasteiger partial charge in [-0.1, -0.05) is 29.8 Å². The van der Waals surface area contributed by atoms with Crippen molar-refractivity contribution in [2.45, 2.75) is 13.8 Å². The van der Waals surface area contributed by atoms with E-state index in [9.17, 15) is 14.0 Å². The fraction of sp³-hybridized carbons (Fsp3) is 0.136. The van der Waals surface area contributed by atoms with E-state index < -0.39 is 11.7 Å². The van der Waals surface area contributed by atoms with Crippen molar-refractivity contribution < 1.29 is 18.7 Å². The van der Waals surface area contributed by atoms with Crippen LogP contribution in [0.2, 0.25) is 5.02 Å². The summed E-state index contributed by atoms with van der Waals surface area (Å²) in [4.78, 5) is 30.0. The Kier molecular flexibility index (Phi) is 7.38. The molecule has 9 heteroatoms. The number of hydrogen-bond acceptors (Lipinski definition) is 5. The van der Waals surface area contributed by atoms with Crippen molar-refractivity contribution in [2.24, 2.45) is 0 Å². The number of thiazole rings is 1. The zero-order valence-electron chi connectivity index (χ0n) is 16.8. The van der Waals surface area contributed by atoms with E-state index in [1.54, 1.807) is 35.7 Å². The third kappa shape index (κ3) is 5.48. The average molecular weight is 460 g/mol. The van der Waals surface area contributed by atoms with Crippen LogP contribution in [0.25, 0.3) is 6.08 Å². The Bertz CT molecular complexity index is 1130. The number of aromatic nitrogens is 1. The molecule has 0 radical (unpaired) electrons. The van der Waals surface area contributed by atoms with Crippen LogP contribution in [-0.2, 0) is 9.59 Å². The van der Waals surface area contributed by atoms with Gasteiger partial charge in [-0.3, -0.25) is 14.5 Å². The highest BCUT2D eigenvalue weighted by atomic mass is 35.5. The van der Waals surface area contributed by atoms with E-state index in [1.807, 2.05) is 6.92 Å². The molecule has 1 N–H and O–H groups in total. The van der Waals surface area contributed by atoms with Crippen molar-refractivity contribution in [1.82, 2.24) is 4.98 Å². The van der Waals surface area contributed by atoms with Crippen LogP contribution >= 0.6 is 22.9 Å². The fourth-order valence-electron chi connectivity index (χ4n) is 2.73. The van der Waals surface area contributed by atoms with E-state index in [1.165, 1.54) is 36.1 Å². The summed E-state index contributed by atoms with van der Waals surface area (Å²) in [6.07, 6.45) is 2.80. The first-order valence-corrected chi connectivity index (χ1v) is 10.6. The Labute approximate surface area is 187 Å². The number of hydrogen-bond donors (Lipinski definition) is 1. The van der Waals surface area contributed by atoms with Crippen molar-refractivity contribution >= 4 is 57.3 Å². The number of rotatable bonds is 7. The van der Waals surface area contributed by atoms with Crippen LogP contribution in [0.15, 0.2) is 53.9 Å². The molecule has 0 spiro atoms. The monoisotopic (exact) mass is 459 g/mol. The first-order valence-electron chi connectivity index (χ1n) is 9.31. The van der Waals surface area contributed by atoms with E-state index in [2.05, 4.69) is 10.3 Å². The number of nitrogens with zero attached hydrogens (tertiary/aromatic N) is 2. The molecular weight excluding hydrogens is 441 g/mol. The second kappa shape index (κ2) is 10.2. The van der Waals surface area contributed by atoms with Gasteiger partial charge < -0.3 is 10.1 Å². The molecule has 2 amide bonds. The molecule has 0 aliphatic heterocycles. The summed E-state index contributed by atoms with van der Waals surface area (Å²) < 4.78 is 19.7. The second-order valence-electron chi connectivity index (χ2n) is 6.23. The van der Waals surface area contributed by atoms with Gasteiger partial charge in [0.2, 0.25) is 11.8 Å². The summed E-state index contributed by atoms with van der Waals surface area (Å²) in [5.74, 6) is -0.922. The van der Waals surface area contributed by atoms with Gasteiger partial charge in [0, 0.05) is 18.4 Å². The van der Waals surface area contributed by atoms with Crippen LogP contribution in [0, 0.1) is 5.82 Å². The van der Waals surface area contributed by atoms with E-state index >= 15 is 0 Å². The summed E-state index contributed by atoms with van der Waals surface area (Å²) in [6, 6.07) is 11.0. The molecule has 1 heterocycles. The van der Waals surface area contributed by atoms with E-state index in [-0.39, 0.29) is 11.6 Å². The van der Waals surface area contributed by atoms with Gasteiger partial charge in [-0.2, -0.15) is 0 Å². The molecule has 0 bridgehead atoms. The predicted octanol–water partition coefficient (Wildman–Crippen LogP) is 5.67. The molecular formula is C22H19ClFN3O3S. The smallest absolute Gasteiger partial charge is 0.248 e. The number of ether oxygens (including phenoxy) is 1. The highest BCUT2D eigenvalue weighted by Gasteiger charge is 2.20. The van der Waals surface area contributed by atoms with Gasteiger partial charge >= 0.3 is 0 Å². The molecule has 3 rings (SSSR count). The SMILES string of the molecule is CCOc1c(Cl)cccc1NC(=O)C=Cc1csc(N(C(C)=O)c2ccccc2F)n1. The molecule has 0 saturated carbocycles. The first-order chi connectivity index (χ1) is 14.9. The number of halogens is 2. The van der Waals surface area contributed by atoms with Gasteiger partial charge in [0.25, 0.3) is 0 Å². The van der Waals surface area contributed by atoms with Crippen molar-refractivity contribution in [3.8, 4) is 5.75 Å². The molecule has 0 aliphatic rings. The van der Waals surface area contributed by atoms with Gasteiger partial charge in [0.05, 0.1) is 28.7 Å². The molecule has 0 fully saturated rings. The minimum absolute atomic E-state index is 0.113. The maximum absolute atomic E-state index is 14.2. The normalized spacial score (nSPS) is 10.8. The quantitative estimate of drug-likeness (QED) is 0.462. The molecule has 0 saturated heterocycles. The number of benzene rings is 2. The molecule has 31 heavy (non-hydrogen) atoms. The molecule has 1 aromatic heterocycles. The van der Waals surface area contributed by atoms with Crippen molar-refractivity contribution in [2.75, 3.05) is 16.8 Å². The summed E-state index contributed by atoms with van der Waals surface area (Å²) in [6.45, 7) is 3.55. The molecule has 3 aromatic rings. The first kappa shape index (κ1) is 22.5. The van der Waals surface area contributed by atoms with Crippen LogP contribution in [0.5, 0.6) is 5.75 Å². The minimum Gasteiger partial charge on any atom is -0.490 e. The maximum atomic E-state index is 14.2. The Balaban J connectivity index is 1.76. The number of amides is 2. The maximum Gasteiger partial charge on any atom is 0.248 e. The van der Waals surface area contributed by atoms with Gasteiger partial charge in [0.15, 0.2) is 10.9 Å². The number of carbonyl (C=O) groups is 2. The zero-order chi connectivity index (χ0) is 22.4. The Morgan fingerprint density at radius 3 is 2.74 bits per heavy atom. The predicted molar refractivity (Wildman–Crippen MR) is 122 cm³/mol. The number of nitrogens with one attached hydrogen (secondary N) is 1. The highest BCUT2D eigenvalue weighted by Crippen LogP contribution is 2.33. The molecule has 160 valence electrons. The Morgan fingerprint density at radius 2 is 2.03 bits per heavy atom. The van der Waals surface area contributed by atoms with Crippen LogP contribution in [0.3, 0.4) is 0 Å².